The fourth-order valence-electron chi connectivity index (χ4n) is 8.16. The van der Waals surface area contributed by atoms with Crippen LogP contribution < -0.4 is 0 Å². The third kappa shape index (κ3) is 6.54. The van der Waals surface area contributed by atoms with Gasteiger partial charge in [-0.1, -0.05) is 188 Å². The van der Waals surface area contributed by atoms with E-state index in [0.717, 1.165) is 55.9 Å². The van der Waals surface area contributed by atoms with Crippen molar-refractivity contribution < 1.29 is 0 Å². The summed E-state index contributed by atoms with van der Waals surface area (Å²) in [5.74, 6) is 2.54. The van der Waals surface area contributed by atoms with Crippen molar-refractivity contribution in [2.75, 3.05) is 0 Å². The molecule has 11 rings (SSSR count). The van der Waals surface area contributed by atoms with Crippen LogP contribution in [0.25, 0.3) is 112 Å². The maximum absolute atomic E-state index is 5.19. The normalized spacial score (nSPS) is 11.3. The molecule has 0 saturated carbocycles. The van der Waals surface area contributed by atoms with Crippen LogP contribution in [0.1, 0.15) is 0 Å². The van der Waals surface area contributed by atoms with Gasteiger partial charge in [0.05, 0.1) is 11.4 Å². The third-order valence-corrected chi connectivity index (χ3v) is 11.1. The summed E-state index contributed by atoms with van der Waals surface area (Å²) in [7, 11) is 0. The van der Waals surface area contributed by atoms with Crippen molar-refractivity contribution >= 4 is 32.3 Å². The Morgan fingerprint density at radius 2 is 0.533 bits per heavy atom. The lowest BCUT2D eigenvalue weighted by molar-refractivity contribution is 1.07. The van der Waals surface area contributed by atoms with Gasteiger partial charge in [-0.15, -0.1) is 0 Å². The van der Waals surface area contributed by atoms with Crippen molar-refractivity contribution in [2.45, 2.75) is 0 Å². The smallest absolute Gasteiger partial charge is 0.164 e. The molecular weight excluding hydrogens is 731 g/mol. The Hall–Kier alpha value is -8.15. The second-order valence-electron chi connectivity index (χ2n) is 14.9. The van der Waals surface area contributed by atoms with Gasteiger partial charge in [-0.2, -0.15) is 0 Å². The van der Waals surface area contributed by atoms with Crippen LogP contribution in [0.2, 0.25) is 0 Å². The Morgan fingerprint density at radius 1 is 0.183 bits per heavy atom. The van der Waals surface area contributed by atoms with E-state index in [0.29, 0.717) is 23.3 Å². The van der Waals surface area contributed by atoms with Crippen LogP contribution in [0.5, 0.6) is 0 Å². The van der Waals surface area contributed by atoms with E-state index in [1.54, 1.807) is 0 Å². The highest BCUT2D eigenvalue weighted by Gasteiger charge is 2.16. The van der Waals surface area contributed by atoms with Crippen molar-refractivity contribution in [3.63, 3.8) is 0 Å². The molecule has 0 amide bonds. The van der Waals surface area contributed by atoms with Gasteiger partial charge in [0.15, 0.2) is 23.3 Å². The fourth-order valence-corrected chi connectivity index (χ4v) is 8.16. The van der Waals surface area contributed by atoms with E-state index >= 15 is 0 Å². The lowest BCUT2D eigenvalue weighted by Crippen LogP contribution is -2.00. The molecule has 0 unspecified atom stereocenters. The zero-order chi connectivity index (χ0) is 39.8. The number of rotatable bonds is 7. The van der Waals surface area contributed by atoms with E-state index in [1.165, 1.54) is 32.3 Å². The largest absolute Gasteiger partial charge is 0.228 e. The molecule has 0 aliphatic carbocycles. The molecule has 11 aromatic rings. The van der Waals surface area contributed by atoms with Gasteiger partial charge >= 0.3 is 0 Å². The van der Waals surface area contributed by atoms with Crippen molar-refractivity contribution in [1.82, 2.24) is 24.9 Å². The Labute approximate surface area is 347 Å². The minimum atomic E-state index is 0.608. The van der Waals surface area contributed by atoms with Crippen LogP contribution in [0.4, 0.5) is 0 Å². The summed E-state index contributed by atoms with van der Waals surface area (Å²) in [6.07, 6.45) is 0. The van der Waals surface area contributed by atoms with Crippen molar-refractivity contribution in [3.05, 3.63) is 212 Å². The molecule has 0 atom stereocenters. The molecule has 0 radical (unpaired) electrons. The predicted molar refractivity (Wildman–Crippen MR) is 246 cm³/mol. The standard InChI is InChI=1S/C55H35N5/c1-4-16-36(17-5-1)50-35-51(57-52(56-50)37-18-6-2-7-19-37)41-24-14-22-39(32-41)40-23-15-25-42(33-40)54-58-53(38-20-8-3-9-21-38)59-55(60-54)43-30-31-48-46-28-11-10-26-44(46)45-27-12-13-29-47(45)49(48)34-43/h1-35H. The van der Waals surface area contributed by atoms with Gasteiger partial charge in [-0.05, 0) is 67.7 Å². The van der Waals surface area contributed by atoms with Crippen LogP contribution in [-0.2, 0) is 0 Å². The molecule has 2 aromatic heterocycles. The van der Waals surface area contributed by atoms with E-state index in [4.69, 9.17) is 24.9 Å². The number of fused-ring (bicyclic) bond motifs is 6. The first kappa shape index (κ1) is 35.0. The highest BCUT2D eigenvalue weighted by atomic mass is 15.0. The van der Waals surface area contributed by atoms with Gasteiger partial charge < -0.3 is 0 Å². The fraction of sp³-hybridized carbons (Fsp3) is 0. The molecule has 0 fully saturated rings. The summed E-state index contributed by atoms with van der Waals surface area (Å²) in [5.41, 5.74) is 9.60. The Balaban J connectivity index is 1.02. The highest BCUT2D eigenvalue weighted by Crippen LogP contribution is 2.38. The number of benzene rings is 9. The quantitative estimate of drug-likeness (QED) is 0.151. The molecule has 5 heteroatoms. The summed E-state index contributed by atoms with van der Waals surface area (Å²) in [6.45, 7) is 0. The number of hydrogen-bond acceptors (Lipinski definition) is 5. The predicted octanol–water partition coefficient (Wildman–Crippen LogP) is 13.8. The third-order valence-electron chi connectivity index (χ3n) is 11.1. The van der Waals surface area contributed by atoms with Crippen molar-refractivity contribution in [2.24, 2.45) is 0 Å². The minimum Gasteiger partial charge on any atom is -0.228 e. The molecule has 0 N–H and O–H groups in total. The average Bonchev–Trinajstić information content (AvgIpc) is 3.34. The molecule has 5 nitrogen and oxygen atoms in total. The zero-order valence-corrected chi connectivity index (χ0v) is 32.4. The molecule has 0 bridgehead atoms. The van der Waals surface area contributed by atoms with Crippen molar-refractivity contribution in [1.29, 1.82) is 0 Å². The van der Waals surface area contributed by atoms with E-state index in [-0.39, 0.29) is 0 Å². The number of nitrogens with zero attached hydrogens (tertiary/aromatic N) is 5. The van der Waals surface area contributed by atoms with E-state index < -0.39 is 0 Å². The summed E-state index contributed by atoms with van der Waals surface area (Å²) in [4.78, 5) is 25.5. The molecule has 0 aliphatic rings. The summed E-state index contributed by atoms with van der Waals surface area (Å²) in [5, 5.41) is 7.28. The first-order chi connectivity index (χ1) is 29.7. The molecule has 280 valence electrons. The summed E-state index contributed by atoms with van der Waals surface area (Å²) in [6, 6.07) is 73.5. The Kier molecular flexibility index (Phi) is 8.75. The van der Waals surface area contributed by atoms with Crippen LogP contribution in [0.3, 0.4) is 0 Å². The lowest BCUT2D eigenvalue weighted by atomic mass is 9.93. The van der Waals surface area contributed by atoms with Crippen LogP contribution in [-0.4, -0.2) is 24.9 Å². The molecule has 2 heterocycles. The van der Waals surface area contributed by atoms with E-state index in [9.17, 15) is 0 Å². The molecular formula is C55H35N5. The van der Waals surface area contributed by atoms with Gasteiger partial charge in [0.25, 0.3) is 0 Å². The maximum Gasteiger partial charge on any atom is 0.164 e. The van der Waals surface area contributed by atoms with E-state index in [1.807, 2.05) is 66.7 Å². The van der Waals surface area contributed by atoms with Gasteiger partial charge in [-0.3, -0.25) is 0 Å². The minimum absolute atomic E-state index is 0.608. The molecule has 0 aliphatic heterocycles. The number of aromatic nitrogens is 5. The molecule has 0 saturated heterocycles. The Morgan fingerprint density at radius 3 is 1.08 bits per heavy atom. The second kappa shape index (κ2) is 15.0. The van der Waals surface area contributed by atoms with Crippen LogP contribution >= 0.6 is 0 Å². The average molecular weight is 766 g/mol. The molecule has 9 aromatic carbocycles. The summed E-state index contributed by atoms with van der Waals surface area (Å²) < 4.78 is 0. The second-order valence-corrected chi connectivity index (χ2v) is 14.9. The SMILES string of the molecule is c1ccc(-c2cc(-c3cccc(-c4cccc(-c5nc(-c6ccccc6)nc(-c6ccc7c8ccccc8c8ccccc8c7c6)n5)c4)c3)nc(-c3ccccc3)n2)cc1. The van der Waals surface area contributed by atoms with Gasteiger partial charge in [0.1, 0.15) is 0 Å². The van der Waals surface area contributed by atoms with Crippen LogP contribution in [0.15, 0.2) is 212 Å². The first-order valence-corrected chi connectivity index (χ1v) is 20.1. The zero-order valence-electron chi connectivity index (χ0n) is 32.4. The van der Waals surface area contributed by atoms with Crippen molar-refractivity contribution in [3.8, 4) is 79.2 Å². The highest BCUT2D eigenvalue weighted by molar-refractivity contribution is 6.25. The number of hydrogen-bond donors (Lipinski definition) is 0. The van der Waals surface area contributed by atoms with Gasteiger partial charge in [-0.25, -0.2) is 24.9 Å². The van der Waals surface area contributed by atoms with Gasteiger partial charge in [0, 0.05) is 33.4 Å². The van der Waals surface area contributed by atoms with Crippen LogP contribution in [0, 0.1) is 0 Å². The maximum atomic E-state index is 5.19. The molecule has 60 heavy (non-hydrogen) atoms. The Bertz CT molecular complexity index is 3270. The lowest BCUT2D eigenvalue weighted by Gasteiger charge is -2.13. The monoisotopic (exact) mass is 765 g/mol. The molecule has 0 spiro atoms. The topological polar surface area (TPSA) is 64.5 Å². The summed E-state index contributed by atoms with van der Waals surface area (Å²) >= 11 is 0. The first-order valence-electron chi connectivity index (χ1n) is 20.1. The van der Waals surface area contributed by atoms with E-state index in [2.05, 4.69) is 146 Å². The van der Waals surface area contributed by atoms with Gasteiger partial charge in [0.2, 0.25) is 0 Å².